The molecule has 0 saturated heterocycles. The van der Waals surface area contributed by atoms with Crippen LogP contribution in [-0.4, -0.2) is 28.5 Å². The SMILES string of the molecule is Cc1ccccc1.O.[Mg]. The van der Waals surface area contributed by atoms with Crippen molar-refractivity contribution in [3.05, 3.63) is 35.9 Å². The molecule has 2 N–H and O–H groups in total. The lowest BCUT2D eigenvalue weighted by Gasteiger charge is -1.82. The third kappa shape index (κ3) is 4.45. The average Bonchev–Trinajstić information content (AvgIpc) is 1.69. The predicted molar refractivity (Wildman–Crippen MR) is 40.5 cm³/mol. The Labute approximate surface area is 71.5 Å². The van der Waals surface area contributed by atoms with E-state index in [2.05, 4.69) is 19.1 Å². The van der Waals surface area contributed by atoms with Gasteiger partial charge in [-0.1, -0.05) is 35.9 Å². The molecule has 0 atom stereocenters. The van der Waals surface area contributed by atoms with E-state index >= 15 is 0 Å². The van der Waals surface area contributed by atoms with Gasteiger partial charge in [0.2, 0.25) is 0 Å². The Morgan fingerprint density at radius 3 is 1.67 bits per heavy atom. The van der Waals surface area contributed by atoms with Crippen molar-refractivity contribution in [3.8, 4) is 0 Å². The van der Waals surface area contributed by atoms with Crippen LogP contribution in [0.3, 0.4) is 0 Å². The highest BCUT2D eigenvalue weighted by molar-refractivity contribution is 5.75. The number of benzene rings is 1. The monoisotopic (exact) mass is 134 g/mol. The molecule has 1 aromatic rings. The first-order chi connectivity index (χ1) is 3.39. The highest BCUT2D eigenvalue weighted by Gasteiger charge is 1.72. The van der Waals surface area contributed by atoms with Crippen molar-refractivity contribution in [1.29, 1.82) is 0 Å². The first-order valence-electron chi connectivity index (χ1n) is 2.41. The first-order valence-corrected chi connectivity index (χ1v) is 2.41. The van der Waals surface area contributed by atoms with Crippen LogP contribution in [0.15, 0.2) is 30.3 Å². The summed E-state index contributed by atoms with van der Waals surface area (Å²) in [6, 6.07) is 10.3. The van der Waals surface area contributed by atoms with Crippen molar-refractivity contribution < 1.29 is 5.48 Å². The van der Waals surface area contributed by atoms with Gasteiger partial charge in [0.1, 0.15) is 0 Å². The van der Waals surface area contributed by atoms with Gasteiger partial charge >= 0.3 is 0 Å². The summed E-state index contributed by atoms with van der Waals surface area (Å²) in [6.07, 6.45) is 0. The highest BCUT2D eigenvalue weighted by Crippen LogP contribution is 1.92. The maximum atomic E-state index is 2.08. The number of rotatable bonds is 0. The second kappa shape index (κ2) is 6.07. The van der Waals surface area contributed by atoms with E-state index in [-0.39, 0.29) is 28.5 Å². The lowest BCUT2D eigenvalue weighted by Crippen LogP contribution is -1.62. The molecule has 0 heterocycles. The predicted octanol–water partition coefficient (Wildman–Crippen LogP) is 0.790. The average molecular weight is 134 g/mol. The van der Waals surface area contributed by atoms with E-state index in [0.717, 1.165) is 0 Å². The Morgan fingerprint density at radius 2 is 1.44 bits per heavy atom. The Morgan fingerprint density at radius 1 is 1.00 bits per heavy atom. The van der Waals surface area contributed by atoms with E-state index in [1.165, 1.54) is 5.56 Å². The molecule has 1 rings (SSSR count). The van der Waals surface area contributed by atoms with Crippen LogP contribution >= 0.6 is 0 Å². The molecule has 0 amide bonds. The summed E-state index contributed by atoms with van der Waals surface area (Å²) >= 11 is 0. The molecule has 1 aromatic carbocycles. The summed E-state index contributed by atoms with van der Waals surface area (Å²) in [7, 11) is 0. The molecule has 2 radical (unpaired) electrons. The minimum atomic E-state index is 0. The van der Waals surface area contributed by atoms with Crippen LogP contribution in [0.2, 0.25) is 0 Å². The zero-order valence-electron chi connectivity index (χ0n) is 5.59. The van der Waals surface area contributed by atoms with Gasteiger partial charge in [0.15, 0.2) is 0 Å². The molecule has 0 aromatic heterocycles. The Bertz CT molecular complexity index is 139. The highest BCUT2D eigenvalue weighted by atomic mass is 24.3. The summed E-state index contributed by atoms with van der Waals surface area (Å²) in [4.78, 5) is 0. The largest absolute Gasteiger partial charge is 0.412 e. The summed E-state index contributed by atoms with van der Waals surface area (Å²) in [5.41, 5.74) is 1.32. The van der Waals surface area contributed by atoms with Crippen LogP contribution in [0, 0.1) is 6.92 Å². The van der Waals surface area contributed by atoms with Crippen molar-refractivity contribution in [3.63, 3.8) is 0 Å². The third-order valence-electron chi connectivity index (χ3n) is 0.940. The van der Waals surface area contributed by atoms with E-state index in [1.54, 1.807) is 0 Å². The molecule has 0 aliphatic carbocycles. The number of hydrogen-bond donors (Lipinski definition) is 0. The molecular weight excluding hydrogens is 124 g/mol. The van der Waals surface area contributed by atoms with Crippen LogP contribution in [0.4, 0.5) is 0 Å². The van der Waals surface area contributed by atoms with Gasteiger partial charge in [0.05, 0.1) is 0 Å². The fraction of sp³-hybridized carbons (Fsp3) is 0.143. The van der Waals surface area contributed by atoms with E-state index < -0.39 is 0 Å². The van der Waals surface area contributed by atoms with Gasteiger partial charge in [-0.25, -0.2) is 0 Å². The van der Waals surface area contributed by atoms with Crippen molar-refractivity contribution >= 4 is 23.1 Å². The van der Waals surface area contributed by atoms with Crippen molar-refractivity contribution in [2.24, 2.45) is 0 Å². The summed E-state index contributed by atoms with van der Waals surface area (Å²) in [5, 5.41) is 0. The fourth-order valence-electron chi connectivity index (χ4n) is 0.534. The molecule has 1 nitrogen and oxygen atoms in total. The second-order valence-corrected chi connectivity index (χ2v) is 1.65. The Hall–Kier alpha value is -0.0538. The van der Waals surface area contributed by atoms with Crippen LogP contribution in [0.25, 0.3) is 0 Å². The second-order valence-electron chi connectivity index (χ2n) is 1.65. The summed E-state index contributed by atoms with van der Waals surface area (Å²) in [5.74, 6) is 0. The van der Waals surface area contributed by atoms with E-state index in [1.807, 2.05) is 18.2 Å². The zero-order chi connectivity index (χ0) is 5.11. The van der Waals surface area contributed by atoms with Crippen LogP contribution < -0.4 is 0 Å². The normalized spacial score (nSPS) is 6.78. The van der Waals surface area contributed by atoms with E-state index in [4.69, 9.17) is 0 Å². The molecule has 0 spiro atoms. The van der Waals surface area contributed by atoms with Gasteiger partial charge in [-0.05, 0) is 6.92 Å². The Kier molecular flexibility index (Phi) is 7.90. The van der Waals surface area contributed by atoms with Gasteiger partial charge in [0.25, 0.3) is 0 Å². The molecule has 0 unspecified atom stereocenters. The first kappa shape index (κ1) is 11.7. The molecule has 0 aliphatic rings. The topological polar surface area (TPSA) is 31.5 Å². The number of aryl methyl sites for hydroxylation is 1. The quantitative estimate of drug-likeness (QED) is 0.470. The maximum absolute atomic E-state index is 2.08. The fourth-order valence-corrected chi connectivity index (χ4v) is 0.534. The Balaban J connectivity index is 0. The van der Waals surface area contributed by atoms with Crippen molar-refractivity contribution in [2.45, 2.75) is 6.92 Å². The summed E-state index contributed by atoms with van der Waals surface area (Å²) in [6.45, 7) is 2.08. The van der Waals surface area contributed by atoms with E-state index in [0.29, 0.717) is 0 Å². The zero-order valence-corrected chi connectivity index (χ0v) is 7.01. The van der Waals surface area contributed by atoms with Gasteiger partial charge in [-0.3, -0.25) is 0 Å². The lowest BCUT2D eigenvalue weighted by molar-refractivity contribution is 0.824. The minimum absolute atomic E-state index is 0. The smallest absolute Gasteiger partial charge is 0 e. The number of hydrogen-bond acceptors (Lipinski definition) is 0. The van der Waals surface area contributed by atoms with Crippen LogP contribution in [0.5, 0.6) is 0 Å². The van der Waals surface area contributed by atoms with Gasteiger partial charge in [-0.2, -0.15) is 0 Å². The molecule has 2 heteroatoms. The van der Waals surface area contributed by atoms with Crippen molar-refractivity contribution in [2.75, 3.05) is 0 Å². The van der Waals surface area contributed by atoms with Gasteiger partial charge in [0, 0.05) is 23.1 Å². The molecule has 9 heavy (non-hydrogen) atoms. The van der Waals surface area contributed by atoms with Gasteiger partial charge < -0.3 is 5.48 Å². The molecule has 0 fully saturated rings. The molecular formula is C7H10MgO. The standard InChI is InChI=1S/C7H8.Mg.H2O/c1-7-5-3-2-4-6-7;;/h2-6H,1H3;;1H2. The summed E-state index contributed by atoms with van der Waals surface area (Å²) < 4.78 is 0. The molecule has 0 aliphatic heterocycles. The molecule has 0 bridgehead atoms. The molecule has 0 saturated carbocycles. The van der Waals surface area contributed by atoms with Crippen LogP contribution in [0.1, 0.15) is 5.56 Å². The van der Waals surface area contributed by atoms with Gasteiger partial charge in [-0.15, -0.1) is 0 Å². The van der Waals surface area contributed by atoms with E-state index in [9.17, 15) is 0 Å². The van der Waals surface area contributed by atoms with Crippen LogP contribution in [-0.2, 0) is 0 Å². The lowest BCUT2D eigenvalue weighted by atomic mass is 10.2. The maximum Gasteiger partial charge on any atom is 0 e. The third-order valence-corrected chi connectivity index (χ3v) is 0.940. The van der Waals surface area contributed by atoms with Crippen molar-refractivity contribution in [1.82, 2.24) is 0 Å². The molecule has 46 valence electrons. The minimum Gasteiger partial charge on any atom is -0.412 e.